The largest absolute Gasteiger partial charge is 0.315 e. The molecule has 2 rings (SSSR count). The second kappa shape index (κ2) is 4.51. The topological polar surface area (TPSA) is 24.9 Å². The number of halogens is 1. The molecule has 0 saturated heterocycles. The van der Waals surface area contributed by atoms with Crippen LogP contribution in [-0.2, 0) is 6.54 Å². The molecule has 4 heteroatoms. The van der Waals surface area contributed by atoms with Crippen LogP contribution >= 0.6 is 11.5 Å². The maximum atomic E-state index is 13.0. The lowest BCUT2D eigenvalue weighted by atomic mass is 10.1. The Balaban J connectivity index is 2.29. The highest BCUT2D eigenvalue weighted by Crippen LogP contribution is 2.22. The van der Waals surface area contributed by atoms with E-state index in [1.165, 1.54) is 23.7 Å². The van der Waals surface area contributed by atoms with Gasteiger partial charge in [-0.3, -0.25) is 0 Å². The second-order valence-corrected chi connectivity index (χ2v) is 4.11. The number of benzene rings is 1. The number of nitrogens with one attached hydrogen (secondary N) is 1. The molecule has 0 saturated carbocycles. The Morgan fingerprint density at radius 2 is 2.27 bits per heavy atom. The molecule has 0 aliphatic heterocycles. The summed E-state index contributed by atoms with van der Waals surface area (Å²) in [5, 5.41) is 3.06. The van der Waals surface area contributed by atoms with Crippen molar-refractivity contribution in [3.8, 4) is 11.3 Å². The van der Waals surface area contributed by atoms with Gasteiger partial charge in [0, 0.05) is 17.0 Å². The summed E-state index contributed by atoms with van der Waals surface area (Å²) in [6, 6.07) is 8.47. The molecular formula is C11H11FN2S. The molecular weight excluding hydrogens is 211 g/mol. The van der Waals surface area contributed by atoms with Gasteiger partial charge in [-0.25, -0.2) is 4.39 Å². The predicted molar refractivity (Wildman–Crippen MR) is 60.3 cm³/mol. The summed E-state index contributed by atoms with van der Waals surface area (Å²) in [4.78, 5) is 1.15. The van der Waals surface area contributed by atoms with Crippen molar-refractivity contribution < 1.29 is 4.39 Å². The first-order valence-corrected chi connectivity index (χ1v) is 5.43. The molecule has 1 N–H and O–H groups in total. The molecule has 1 aromatic carbocycles. The lowest BCUT2D eigenvalue weighted by molar-refractivity contribution is 0.628. The van der Waals surface area contributed by atoms with Gasteiger partial charge in [-0.05, 0) is 36.8 Å². The van der Waals surface area contributed by atoms with Crippen molar-refractivity contribution in [3.63, 3.8) is 0 Å². The maximum absolute atomic E-state index is 13.0. The summed E-state index contributed by atoms with van der Waals surface area (Å²) in [5.41, 5.74) is 1.67. The molecule has 0 unspecified atom stereocenters. The first kappa shape index (κ1) is 10.3. The van der Waals surface area contributed by atoms with Crippen molar-refractivity contribution >= 4 is 11.5 Å². The Labute approximate surface area is 91.9 Å². The third kappa shape index (κ3) is 2.40. The van der Waals surface area contributed by atoms with E-state index in [1.807, 2.05) is 19.2 Å². The zero-order valence-electron chi connectivity index (χ0n) is 8.33. The second-order valence-electron chi connectivity index (χ2n) is 3.22. The molecule has 0 spiro atoms. The Hall–Kier alpha value is -1.26. The summed E-state index contributed by atoms with van der Waals surface area (Å²) < 4.78 is 17.3. The van der Waals surface area contributed by atoms with Crippen LogP contribution in [0.3, 0.4) is 0 Å². The van der Waals surface area contributed by atoms with Crippen molar-refractivity contribution in [2.75, 3.05) is 7.05 Å². The fourth-order valence-corrected chi connectivity index (χ4v) is 2.10. The average molecular weight is 222 g/mol. The lowest BCUT2D eigenvalue weighted by Gasteiger charge is -1.95. The third-order valence-corrected chi connectivity index (χ3v) is 2.82. The number of aromatic nitrogens is 1. The Bertz CT molecular complexity index is 453. The number of rotatable bonds is 3. The molecule has 0 aliphatic carbocycles. The van der Waals surface area contributed by atoms with Gasteiger partial charge in [0.1, 0.15) is 5.82 Å². The molecule has 2 nitrogen and oxygen atoms in total. The van der Waals surface area contributed by atoms with Crippen molar-refractivity contribution in [3.05, 3.63) is 41.0 Å². The molecule has 15 heavy (non-hydrogen) atoms. The highest BCUT2D eigenvalue weighted by Gasteiger charge is 2.04. The van der Waals surface area contributed by atoms with Gasteiger partial charge in [-0.2, -0.15) is 4.37 Å². The first-order valence-electron chi connectivity index (χ1n) is 4.66. The van der Waals surface area contributed by atoms with Gasteiger partial charge >= 0.3 is 0 Å². The monoisotopic (exact) mass is 222 g/mol. The van der Waals surface area contributed by atoms with Crippen LogP contribution in [0.2, 0.25) is 0 Å². The summed E-state index contributed by atoms with van der Waals surface area (Å²) in [6.07, 6.45) is 0. The Kier molecular flexibility index (Phi) is 3.08. The summed E-state index contributed by atoms with van der Waals surface area (Å²) in [7, 11) is 1.89. The highest BCUT2D eigenvalue weighted by molar-refractivity contribution is 7.06. The van der Waals surface area contributed by atoms with Crippen LogP contribution in [0.25, 0.3) is 11.3 Å². The molecule has 0 fully saturated rings. The maximum Gasteiger partial charge on any atom is 0.123 e. The molecule has 2 aromatic rings. The van der Waals surface area contributed by atoms with E-state index >= 15 is 0 Å². The lowest BCUT2D eigenvalue weighted by Crippen LogP contribution is -2.02. The van der Waals surface area contributed by atoms with Crippen LogP contribution in [0, 0.1) is 5.82 Å². The van der Waals surface area contributed by atoms with Gasteiger partial charge in [-0.15, -0.1) is 0 Å². The minimum Gasteiger partial charge on any atom is -0.315 e. The third-order valence-electron chi connectivity index (χ3n) is 2.03. The van der Waals surface area contributed by atoms with Gasteiger partial charge in [0.25, 0.3) is 0 Å². The van der Waals surface area contributed by atoms with E-state index in [9.17, 15) is 4.39 Å². The summed E-state index contributed by atoms with van der Waals surface area (Å²) in [5.74, 6) is -0.226. The Morgan fingerprint density at radius 3 is 3.00 bits per heavy atom. The molecule has 0 atom stereocenters. The van der Waals surface area contributed by atoms with Crippen molar-refractivity contribution in [1.29, 1.82) is 0 Å². The molecule has 0 radical (unpaired) electrons. The van der Waals surface area contributed by atoms with E-state index in [0.717, 1.165) is 22.7 Å². The zero-order valence-corrected chi connectivity index (χ0v) is 9.14. The minimum atomic E-state index is -0.226. The van der Waals surface area contributed by atoms with Gasteiger partial charge in [0.05, 0.1) is 5.69 Å². The summed E-state index contributed by atoms with van der Waals surface area (Å²) in [6.45, 7) is 0.799. The van der Waals surface area contributed by atoms with E-state index in [1.54, 1.807) is 6.07 Å². The SMILES string of the molecule is CNCc1cc(-c2cccc(F)c2)ns1. The summed E-state index contributed by atoms with van der Waals surface area (Å²) >= 11 is 1.44. The molecule has 0 amide bonds. The van der Waals surface area contributed by atoms with Gasteiger partial charge < -0.3 is 5.32 Å². The van der Waals surface area contributed by atoms with Crippen LogP contribution in [0.4, 0.5) is 4.39 Å². The number of nitrogens with zero attached hydrogens (tertiary/aromatic N) is 1. The molecule has 0 bridgehead atoms. The quantitative estimate of drug-likeness (QED) is 0.863. The highest BCUT2D eigenvalue weighted by atomic mass is 32.1. The van der Waals surface area contributed by atoms with Crippen molar-refractivity contribution in [1.82, 2.24) is 9.69 Å². The first-order chi connectivity index (χ1) is 7.29. The van der Waals surface area contributed by atoms with Gasteiger partial charge in [0.15, 0.2) is 0 Å². The van der Waals surface area contributed by atoms with Crippen molar-refractivity contribution in [2.45, 2.75) is 6.54 Å². The minimum absolute atomic E-state index is 0.226. The Morgan fingerprint density at radius 1 is 1.40 bits per heavy atom. The fraction of sp³-hybridized carbons (Fsp3) is 0.182. The standard InChI is InChI=1S/C11H11FN2S/c1-13-7-10-6-11(14-15-10)8-3-2-4-9(12)5-8/h2-6,13H,7H2,1H3. The van der Waals surface area contributed by atoms with Crippen molar-refractivity contribution in [2.24, 2.45) is 0 Å². The normalized spacial score (nSPS) is 10.5. The molecule has 78 valence electrons. The fourth-order valence-electron chi connectivity index (χ4n) is 1.35. The van der Waals surface area contributed by atoms with Crippen LogP contribution in [0.1, 0.15) is 4.88 Å². The van der Waals surface area contributed by atoms with E-state index in [-0.39, 0.29) is 5.82 Å². The van der Waals surface area contributed by atoms with E-state index in [0.29, 0.717) is 0 Å². The van der Waals surface area contributed by atoms with Crippen LogP contribution in [0.5, 0.6) is 0 Å². The van der Waals surface area contributed by atoms with E-state index < -0.39 is 0 Å². The van der Waals surface area contributed by atoms with Gasteiger partial charge in [0.2, 0.25) is 0 Å². The zero-order chi connectivity index (χ0) is 10.7. The van der Waals surface area contributed by atoms with E-state index in [4.69, 9.17) is 0 Å². The number of hydrogen-bond acceptors (Lipinski definition) is 3. The molecule has 1 aromatic heterocycles. The molecule has 0 aliphatic rings. The number of hydrogen-bond donors (Lipinski definition) is 1. The van der Waals surface area contributed by atoms with E-state index in [2.05, 4.69) is 9.69 Å². The molecule has 1 heterocycles. The van der Waals surface area contributed by atoms with Gasteiger partial charge in [-0.1, -0.05) is 12.1 Å². The van der Waals surface area contributed by atoms with Crippen LogP contribution in [-0.4, -0.2) is 11.4 Å². The predicted octanol–water partition coefficient (Wildman–Crippen LogP) is 2.67. The van der Waals surface area contributed by atoms with Crippen LogP contribution in [0.15, 0.2) is 30.3 Å². The smallest absolute Gasteiger partial charge is 0.123 e. The average Bonchev–Trinajstić information content (AvgIpc) is 2.67. The van der Waals surface area contributed by atoms with Crippen LogP contribution < -0.4 is 5.32 Å².